The molecule has 0 bridgehead atoms. The van der Waals surface area contributed by atoms with Gasteiger partial charge in [0.15, 0.2) is 9.76 Å². The van der Waals surface area contributed by atoms with Gasteiger partial charge in [0, 0.05) is 0 Å². The van der Waals surface area contributed by atoms with E-state index < -0.39 is 15.8 Å². The van der Waals surface area contributed by atoms with Crippen molar-refractivity contribution in [1.82, 2.24) is 10.6 Å². The molecule has 56 valence electrons. The zero-order chi connectivity index (χ0) is 7.56. The number of carbonyl (C=O) groups excluding carboxylic acids is 2. The monoisotopic (exact) mass is 176 g/mol. The Hall–Kier alpha value is -0.666. The van der Waals surface area contributed by atoms with Crippen molar-refractivity contribution in [2.75, 3.05) is 0 Å². The van der Waals surface area contributed by atoms with Gasteiger partial charge in [-0.1, -0.05) is 0 Å². The third kappa shape index (κ3) is 1.43. The van der Waals surface area contributed by atoms with Crippen LogP contribution in [0, 0.1) is 0 Å². The van der Waals surface area contributed by atoms with Gasteiger partial charge in [-0.05, 0) is 0 Å². The molecule has 0 aromatic heterocycles. The van der Waals surface area contributed by atoms with E-state index in [1.54, 1.807) is 0 Å². The summed E-state index contributed by atoms with van der Waals surface area (Å²) in [6.45, 7) is 0. The summed E-state index contributed by atoms with van der Waals surface area (Å²) < 4.78 is 4.95. The first-order chi connectivity index (χ1) is 4.74. The van der Waals surface area contributed by atoms with E-state index in [1.165, 1.54) is 0 Å². The summed E-state index contributed by atoms with van der Waals surface area (Å²) >= 11 is 0. The van der Waals surface area contributed by atoms with E-state index in [1.807, 2.05) is 0 Å². The topological polar surface area (TPSA) is 67.4 Å². The van der Waals surface area contributed by atoms with Crippen LogP contribution in [0.15, 0.2) is 0 Å². The van der Waals surface area contributed by atoms with Gasteiger partial charge in [-0.3, -0.25) is 10.1 Å². The maximum absolute atomic E-state index is 10.8. The van der Waals surface area contributed by atoms with Gasteiger partial charge in [-0.25, -0.2) is 4.79 Å². The Balaban J connectivity index is 2.46. The van der Waals surface area contributed by atoms with E-state index >= 15 is 0 Å². The fraction of sp³-hybridized carbons (Fsp3) is 0.333. The zero-order valence-electron chi connectivity index (χ0n) is 5.51. The second kappa shape index (κ2) is 2.95. The van der Waals surface area contributed by atoms with Crippen LogP contribution in [0.4, 0.5) is 4.79 Å². The summed E-state index contributed by atoms with van der Waals surface area (Å²) in [5.41, 5.74) is -0.343. The van der Waals surface area contributed by atoms with Crippen molar-refractivity contribution in [2.24, 2.45) is 0 Å². The Labute approximate surface area is 63.0 Å². The Kier molecular flexibility index (Phi) is 2.19. The Morgan fingerprint density at radius 1 is 1.60 bits per heavy atom. The molecule has 1 aliphatic rings. The van der Waals surface area contributed by atoms with Gasteiger partial charge in [-0.2, -0.15) is 0 Å². The summed E-state index contributed by atoms with van der Waals surface area (Å²) in [4.78, 5) is 21.2. The lowest BCUT2D eigenvalue weighted by Crippen LogP contribution is -2.36. The lowest BCUT2D eigenvalue weighted by atomic mass is 10.6. The number of imide groups is 1. The minimum Gasteiger partial charge on any atom is -0.466 e. The molecule has 3 amide bonds. The van der Waals surface area contributed by atoms with Gasteiger partial charge in [0.25, 0.3) is 0 Å². The highest BCUT2D eigenvalue weighted by Crippen LogP contribution is 1.89. The van der Waals surface area contributed by atoms with Crippen molar-refractivity contribution in [2.45, 2.75) is 5.67 Å². The molecule has 1 aliphatic heterocycles. The zero-order valence-corrected chi connectivity index (χ0v) is 8.92. The highest BCUT2D eigenvalue weighted by molar-refractivity contribution is 6.44. The molecule has 5 nitrogen and oxygen atoms in total. The van der Waals surface area contributed by atoms with Crippen molar-refractivity contribution >= 4 is 32.2 Å². The summed E-state index contributed by atoms with van der Waals surface area (Å²) in [6, 6.07) is -0.402. The van der Waals surface area contributed by atoms with Gasteiger partial charge in [0.1, 0.15) is 16.2 Å². The number of carbonyl (C=O) groups is 2. The van der Waals surface area contributed by atoms with E-state index in [0.29, 0.717) is 10.5 Å². The number of hydrogen-bond acceptors (Lipinski definition) is 3. The molecule has 1 rings (SSSR count). The third-order valence-corrected chi connectivity index (χ3v) is 3.43. The lowest BCUT2D eigenvalue weighted by Gasteiger charge is -2.02. The average Bonchev–Trinajstić information content (AvgIpc) is 2.13. The second-order valence-electron chi connectivity index (χ2n) is 1.97. The summed E-state index contributed by atoms with van der Waals surface area (Å²) in [7, 11) is -0.225. The van der Waals surface area contributed by atoms with Gasteiger partial charge < -0.3 is 9.43 Å². The average molecular weight is 176 g/mol. The van der Waals surface area contributed by atoms with Crippen molar-refractivity contribution in [1.29, 1.82) is 0 Å². The number of rotatable bonds is 2. The molecule has 1 heterocycles. The van der Waals surface area contributed by atoms with E-state index in [4.69, 9.17) is 4.12 Å². The maximum Gasteiger partial charge on any atom is 0.321 e. The molecular weight excluding hydrogens is 168 g/mol. The normalized spacial score (nSPS) is 25.8. The van der Waals surface area contributed by atoms with E-state index in [9.17, 15) is 9.59 Å². The van der Waals surface area contributed by atoms with Crippen LogP contribution in [0.25, 0.3) is 0 Å². The molecule has 0 aliphatic carbocycles. The molecule has 0 radical (unpaired) electrons. The summed E-state index contributed by atoms with van der Waals surface area (Å²) in [5, 5.41) is 4.60. The molecule has 2 N–H and O–H groups in total. The molecule has 0 aromatic rings. The SMILES string of the molecule is O=C1NC(=O)C([SiH2]O[SiH3])N1. The standard InChI is InChI=1S/C3H8N2O3Si2/c6-1-2(10-8-9)5-3(7)4-1/h2H,10H2,9H3,(H2,4,5,6,7). The summed E-state index contributed by atoms with van der Waals surface area (Å²) in [5.74, 6) is -0.243. The minimum absolute atomic E-state index is 0.243. The predicted octanol–water partition coefficient (Wildman–Crippen LogP) is -3.47. The first kappa shape index (κ1) is 7.44. The van der Waals surface area contributed by atoms with Gasteiger partial charge in [0.05, 0.1) is 0 Å². The van der Waals surface area contributed by atoms with Crippen molar-refractivity contribution in [3.63, 3.8) is 0 Å². The molecule has 0 aromatic carbocycles. The predicted molar refractivity (Wildman–Crippen MR) is 40.0 cm³/mol. The number of hydrogen-bond donors (Lipinski definition) is 2. The Morgan fingerprint density at radius 3 is 2.70 bits per heavy atom. The smallest absolute Gasteiger partial charge is 0.321 e. The van der Waals surface area contributed by atoms with Gasteiger partial charge in [0.2, 0.25) is 5.91 Å². The molecule has 1 unspecified atom stereocenters. The molecular formula is C3H8N2O3Si2. The van der Waals surface area contributed by atoms with E-state index in [2.05, 4.69) is 10.6 Å². The van der Waals surface area contributed by atoms with Crippen molar-refractivity contribution in [3.05, 3.63) is 0 Å². The fourth-order valence-corrected chi connectivity index (χ4v) is 2.60. The van der Waals surface area contributed by atoms with E-state index in [0.717, 1.165) is 0 Å². The van der Waals surface area contributed by atoms with Crippen LogP contribution in [-0.4, -0.2) is 37.9 Å². The highest BCUT2D eigenvalue weighted by Gasteiger charge is 2.29. The van der Waals surface area contributed by atoms with Crippen LogP contribution in [0.5, 0.6) is 0 Å². The largest absolute Gasteiger partial charge is 0.466 e. The van der Waals surface area contributed by atoms with Crippen LogP contribution in [-0.2, 0) is 8.91 Å². The number of amides is 3. The molecule has 1 atom stereocenters. The van der Waals surface area contributed by atoms with Crippen LogP contribution in [0.2, 0.25) is 0 Å². The molecule has 7 heteroatoms. The van der Waals surface area contributed by atoms with Crippen LogP contribution in [0.1, 0.15) is 0 Å². The number of urea groups is 1. The molecule has 0 spiro atoms. The molecule has 1 saturated heterocycles. The third-order valence-electron chi connectivity index (χ3n) is 1.19. The first-order valence-corrected chi connectivity index (χ1v) is 5.05. The Morgan fingerprint density at radius 2 is 2.30 bits per heavy atom. The minimum atomic E-state index is -0.863. The fourth-order valence-electron chi connectivity index (χ4n) is 0.743. The second-order valence-corrected chi connectivity index (χ2v) is 5.43. The molecule has 0 saturated carbocycles. The van der Waals surface area contributed by atoms with Crippen LogP contribution < -0.4 is 10.6 Å². The van der Waals surface area contributed by atoms with E-state index in [-0.39, 0.29) is 11.6 Å². The van der Waals surface area contributed by atoms with Crippen molar-refractivity contribution in [3.8, 4) is 0 Å². The van der Waals surface area contributed by atoms with Gasteiger partial charge in [-0.15, -0.1) is 0 Å². The quantitative estimate of drug-likeness (QED) is 0.339. The molecule has 10 heavy (non-hydrogen) atoms. The maximum atomic E-state index is 10.8. The Bertz CT molecular complexity index is 173. The van der Waals surface area contributed by atoms with Crippen LogP contribution in [0.3, 0.4) is 0 Å². The van der Waals surface area contributed by atoms with Gasteiger partial charge >= 0.3 is 6.03 Å². The number of nitrogens with one attached hydrogen (secondary N) is 2. The molecule has 1 fully saturated rings. The summed E-state index contributed by atoms with van der Waals surface area (Å²) in [6.07, 6.45) is 0. The van der Waals surface area contributed by atoms with Crippen LogP contribution >= 0.6 is 0 Å². The first-order valence-electron chi connectivity index (χ1n) is 2.84. The lowest BCUT2D eigenvalue weighted by molar-refractivity contribution is -0.118. The van der Waals surface area contributed by atoms with Crippen molar-refractivity contribution < 1.29 is 13.7 Å². The highest BCUT2D eigenvalue weighted by atomic mass is 28.3.